The number of hydrogen-bond donors (Lipinski definition) is 5. The van der Waals surface area contributed by atoms with E-state index in [1.54, 1.807) is 24.3 Å². The highest BCUT2D eigenvalue weighted by atomic mass is 35.5. The van der Waals surface area contributed by atoms with E-state index in [9.17, 15) is 24.3 Å². The number of nitrogens with two attached hydrogens (primary N) is 2. The van der Waals surface area contributed by atoms with Gasteiger partial charge in [-0.2, -0.15) is 0 Å². The third-order valence-electron chi connectivity index (χ3n) is 5.54. The third-order valence-corrected chi connectivity index (χ3v) is 10.6. The number of anilines is 2. The Hall–Kier alpha value is -2.76. The molecular weight excluding hydrogens is 667 g/mol. The van der Waals surface area contributed by atoms with Crippen molar-refractivity contribution in [2.75, 3.05) is 28.7 Å². The Kier molecular flexibility index (Phi) is 10.8. The van der Waals surface area contributed by atoms with Crippen LogP contribution in [-0.2, 0) is 19.2 Å². The van der Waals surface area contributed by atoms with Crippen LogP contribution in [0.5, 0.6) is 0 Å². The highest BCUT2D eigenvalue weighted by Crippen LogP contribution is 2.44. The Morgan fingerprint density at radius 1 is 1.05 bits per heavy atom. The molecule has 0 saturated carbocycles. The van der Waals surface area contributed by atoms with Gasteiger partial charge in [0.2, 0.25) is 11.8 Å². The molecule has 4 rings (SSSR count). The van der Waals surface area contributed by atoms with Crippen molar-refractivity contribution in [3.8, 4) is 0 Å². The fourth-order valence-electron chi connectivity index (χ4n) is 3.79. The number of β-lactam (4-membered cyclic amide) rings is 1. The van der Waals surface area contributed by atoms with Gasteiger partial charge in [0.1, 0.15) is 22.7 Å². The number of thioether (sulfide) groups is 4. The number of aliphatic carboxylic acids is 2. The van der Waals surface area contributed by atoms with Crippen molar-refractivity contribution in [3.63, 3.8) is 0 Å². The molecule has 1 saturated heterocycles. The van der Waals surface area contributed by atoms with Crippen LogP contribution in [0.3, 0.4) is 0 Å². The van der Waals surface area contributed by atoms with Crippen LogP contribution in [0.25, 0.3) is 0 Å². The van der Waals surface area contributed by atoms with Crippen molar-refractivity contribution in [2.45, 2.75) is 32.1 Å². The standard InChI is InChI=1S/C24H22Cl2N6O6S4/c25-11-5-14(41-9-20(35)36)12(26)4-13(11)40-8-17(33)31-22-10(21(23(37)38)32-18(34)7-19(32)42-22)2-1-3-39-24-29-15(27)6-16(28)30-24/h1-2,4-6,19,22H,3,7-9H2,(H,31,33)(H,35,36)(H,37,38)(H4,27,28,29,30)/b2-1+. The topological polar surface area (TPSA) is 202 Å². The molecule has 3 heterocycles. The summed E-state index contributed by atoms with van der Waals surface area (Å²) in [7, 11) is 0. The van der Waals surface area contributed by atoms with Gasteiger partial charge >= 0.3 is 11.9 Å². The number of carbonyl (C=O) groups is 4. The number of aromatic nitrogens is 2. The first-order chi connectivity index (χ1) is 19.9. The van der Waals surface area contributed by atoms with E-state index in [0.29, 0.717) is 30.7 Å². The van der Waals surface area contributed by atoms with E-state index in [4.69, 9.17) is 39.8 Å². The molecule has 18 heteroatoms. The molecule has 2 unspecified atom stereocenters. The van der Waals surface area contributed by atoms with Crippen LogP contribution >= 0.6 is 70.2 Å². The molecule has 1 aromatic heterocycles. The first-order valence-corrected chi connectivity index (χ1v) is 16.5. The van der Waals surface area contributed by atoms with Crippen molar-refractivity contribution in [1.82, 2.24) is 20.2 Å². The second-order valence-electron chi connectivity index (χ2n) is 8.51. The first kappa shape index (κ1) is 32.2. The molecule has 12 nitrogen and oxygen atoms in total. The molecule has 2 atom stereocenters. The average molecular weight is 690 g/mol. The van der Waals surface area contributed by atoms with Crippen molar-refractivity contribution in [2.24, 2.45) is 0 Å². The molecule has 2 aliphatic heterocycles. The van der Waals surface area contributed by atoms with Crippen LogP contribution in [0.1, 0.15) is 6.42 Å². The number of carboxylic acid groups (broad SMARTS) is 2. The first-order valence-electron chi connectivity index (χ1n) is 11.8. The number of nitrogens with one attached hydrogen (secondary N) is 1. The summed E-state index contributed by atoms with van der Waals surface area (Å²) < 4.78 is 0. The van der Waals surface area contributed by atoms with E-state index in [1.807, 2.05) is 0 Å². The van der Waals surface area contributed by atoms with Crippen LogP contribution in [0.4, 0.5) is 11.6 Å². The molecule has 0 spiro atoms. The molecule has 1 aromatic carbocycles. The maximum absolute atomic E-state index is 13.0. The van der Waals surface area contributed by atoms with E-state index in [0.717, 1.165) is 23.5 Å². The maximum atomic E-state index is 13.0. The molecule has 0 bridgehead atoms. The highest BCUT2D eigenvalue weighted by molar-refractivity contribution is 8.01. The smallest absolute Gasteiger partial charge is 0.353 e. The molecule has 2 aromatic rings. The van der Waals surface area contributed by atoms with E-state index in [-0.39, 0.29) is 46.7 Å². The fourth-order valence-corrected chi connectivity index (χ4v) is 8.13. The van der Waals surface area contributed by atoms with Gasteiger partial charge < -0.3 is 27.0 Å². The van der Waals surface area contributed by atoms with Gasteiger partial charge in [-0.15, -0.1) is 35.3 Å². The zero-order valence-corrected chi connectivity index (χ0v) is 26.1. The lowest BCUT2D eigenvalue weighted by Crippen LogP contribution is -2.57. The van der Waals surface area contributed by atoms with Gasteiger partial charge in [-0.05, 0) is 12.1 Å². The summed E-state index contributed by atoms with van der Waals surface area (Å²) in [5.41, 5.74) is 11.5. The second kappa shape index (κ2) is 14.1. The van der Waals surface area contributed by atoms with Crippen LogP contribution in [-0.4, -0.2) is 76.8 Å². The van der Waals surface area contributed by atoms with Gasteiger partial charge in [-0.1, -0.05) is 47.1 Å². The number of fused-ring (bicyclic) bond motifs is 1. The molecule has 0 aliphatic carbocycles. The Bertz CT molecular complexity index is 1490. The molecule has 1 fully saturated rings. The Morgan fingerprint density at radius 3 is 2.24 bits per heavy atom. The van der Waals surface area contributed by atoms with Crippen LogP contribution in [0, 0.1) is 0 Å². The minimum atomic E-state index is -1.29. The summed E-state index contributed by atoms with van der Waals surface area (Å²) in [6.45, 7) is 0. The predicted molar refractivity (Wildman–Crippen MR) is 166 cm³/mol. The van der Waals surface area contributed by atoms with Crippen molar-refractivity contribution in [3.05, 3.63) is 51.7 Å². The van der Waals surface area contributed by atoms with Crippen molar-refractivity contribution < 1.29 is 29.4 Å². The molecule has 7 N–H and O–H groups in total. The van der Waals surface area contributed by atoms with Crippen molar-refractivity contribution >= 4 is 106 Å². The molecule has 42 heavy (non-hydrogen) atoms. The average Bonchev–Trinajstić information content (AvgIpc) is 2.89. The van der Waals surface area contributed by atoms with Gasteiger partial charge in [0.15, 0.2) is 5.16 Å². The van der Waals surface area contributed by atoms with Crippen LogP contribution in [0.2, 0.25) is 10.0 Å². The van der Waals surface area contributed by atoms with E-state index in [1.165, 1.54) is 34.5 Å². The lowest BCUT2D eigenvalue weighted by molar-refractivity contribution is -0.146. The number of benzene rings is 1. The van der Waals surface area contributed by atoms with Gasteiger partial charge in [0.05, 0.1) is 33.3 Å². The quantitative estimate of drug-likeness (QED) is 0.123. The minimum absolute atomic E-state index is 0.0640. The van der Waals surface area contributed by atoms with Gasteiger partial charge in [-0.3, -0.25) is 19.3 Å². The zero-order valence-electron chi connectivity index (χ0n) is 21.3. The number of amides is 2. The predicted octanol–water partition coefficient (Wildman–Crippen LogP) is 3.65. The third kappa shape index (κ3) is 7.99. The molecule has 2 aliphatic rings. The molecular formula is C24H22Cl2N6O6S4. The summed E-state index contributed by atoms with van der Waals surface area (Å²) in [6, 6.07) is 4.53. The number of nitrogens with zero attached hydrogens (tertiary/aromatic N) is 3. The van der Waals surface area contributed by atoms with E-state index < -0.39 is 28.6 Å². The maximum Gasteiger partial charge on any atom is 0.353 e. The Morgan fingerprint density at radius 2 is 1.67 bits per heavy atom. The SMILES string of the molecule is Nc1cc(N)nc(SC/C=C/C2=C(C(=O)O)N3C(=O)CC3SC2NC(=O)CSc2cc(Cl)c(SCC(=O)O)cc2Cl)n1. The fraction of sp³-hybridized carbons (Fsp3) is 0.250. The Labute approximate surface area is 266 Å². The number of carboxylic acids is 2. The number of hydrogen-bond acceptors (Lipinski definition) is 12. The summed E-state index contributed by atoms with van der Waals surface area (Å²) in [4.78, 5) is 58.7. The molecule has 2 amide bonds. The van der Waals surface area contributed by atoms with Crippen LogP contribution < -0.4 is 16.8 Å². The lowest BCUT2D eigenvalue weighted by atomic mass is 10.1. The zero-order chi connectivity index (χ0) is 30.6. The van der Waals surface area contributed by atoms with Gasteiger partial charge in [-0.25, -0.2) is 14.8 Å². The van der Waals surface area contributed by atoms with Crippen LogP contribution in [0.15, 0.2) is 56.6 Å². The van der Waals surface area contributed by atoms with Crippen molar-refractivity contribution in [1.29, 1.82) is 0 Å². The number of rotatable bonds is 12. The number of halogens is 2. The molecule has 222 valence electrons. The number of carbonyl (C=O) groups excluding carboxylic acids is 2. The normalized spacial score (nSPS) is 18.1. The monoisotopic (exact) mass is 688 g/mol. The Balaban J connectivity index is 1.46. The summed E-state index contributed by atoms with van der Waals surface area (Å²) in [5.74, 6) is -2.48. The summed E-state index contributed by atoms with van der Waals surface area (Å²) in [6.07, 6.45) is 3.39. The molecule has 0 radical (unpaired) electrons. The summed E-state index contributed by atoms with van der Waals surface area (Å²) in [5, 5.41) is 21.5. The van der Waals surface area contributed by atoms with Gasteiger partial charge in [0.25, 0.3) is 0 Å². The minimum Gasteiger partial charge on any atom is -0.481 e. The number of nitrogen functional groups attached to an aromatic ring is 2. The lowest BCUT2D eigenvalue weighted by Gasteiger charge is -2.46. The van der Waals surface area contributed by atoms with E-state index >= 15 is 0 Å². The highest BCUT2D eigenvalue weighted by Gasteiger charge is 2.48. The second-order valence-corrected chi connectivity index (χ2v) is 13.6. The summed E-state index contributed by atoms with van der Waals surface area (Å²) >= 11 is 17.2. The largest absolute Gasteiger partial charge is 0.481 e. The van der Waals surface area contributed by atoms with Gasteiger partial charge in [0, 0.05) is 27.2 Å². The van der Waals surface area contributed by atoms with E-state index in [2.05, 4.69) is 15.3 Å².